The molecular formula is C18H16ClN3O2. The Hall–Kier alpha value is -2.53. The van der Waals surface area contributed by atoms with Gasteiger partial charge in [0, 0.05) is 23.2 Å². The molecule has 2 aromatic carbocycles. The first-order chi connectivity index (χ1) is 11.7. The van der Waals surface area contributed by atoms with Crippen molar-refractivity contribution >= 4 is 34.6 Å². The average molecular weight is 342 g/mol. The number of nitrogens with zero attached hydrogens (tertiary/aromatic N) is 3. The number of benzene rings is 2. The fraction of sp³-hybridized carbons (Fsp3) is 0.222. The number of anilines is 2. The van der Waals surface area contributed by atoms with Crippen LogP contribution in [0.2, 0.25) is 5.02 Å². The maximum Gasteiger partial charge on any atom is 0.274 e. The summed E-state index contributed by atoms with van der Waals surface area (Å²) in [7, 11) is 1.63. The van der Waals surface area contributed by atoms with Gasteiger partial charge in [0.2, 0.25) is 0 Å². The van der Waals surface area contributed by atoms with E-state index in [1.165, 1.54) is 0 Å². The Kier molecular flexibility index (Phi) is 3.65. The highest BCUT2D eigenvalue weighted by atomic mass is 35.5. The van der Waals surface area contributed by atoms with E-state index < -0.39 is 0 Å². The van der Waals surface area contributed by atoms with Crippen molar-refractivity contribution in [2.45, 2.75) is 0 Å². The zero-order valence-corrected chi connectivity index (χ0v) is 13.9. The van der Waals surface area contributed by atoms with Crippen LogP contribution in [0.15, 0.2) is 53.6 Å². The molecule has 1 saturated heterocycles. The number of carbonyl (C=O) groups excluding carboxylic acids is 1. The first kappa shape index (κ1) is 15.0. The van der Waals surface area contributed by atoms with Crippen LogP contribution >= 0.6 is 11.6 Å². The highest BCUT2D eigenvalue weighted by molar-refractivity contribution is 6.47. The molecule has 2 heterocycles. The Morgan fingerprint density at radius 1 is 1.04 bits per heavy atom. The minimum atomic E-state index is -0.0263. The largest absolute Gasteiger partial charge is 0.497 e. The van der Waals surface area contributed by atoms with Crippen LogP contribution in [0.3, 0.4) is 0 Å². The number of amides is 1. The summed E-state index contributed by atoms with van der Waals surface area (Å²) in [4.78, 5) is 14.5. The van der Waals surface area contributed by atoms with E-state index in [-0.39, 0.29) is 11.8 Å². The van der Waals surface area contributed by atoms with Gasteiger partial charge < -0.3 is 9.64 Å². The Labute approximate surface area is 145 Å². The van der Waals surface area contributed by atoms with Gasteiger partial charge in [-0.3, -0.25) is 9.80 Å². The second-order valence-corrected chi connectivity index (χ2v) is 6.29. The molecule has 1 fully saturated rings. The summed E-state index contributed by atoms with van der Waals surface area (Å²) in [5.41, 5.74) is 2.45. The first-order valence-corrected chi connectivity index (χ1v) is 8.11. The predicted molar refractivity (Wildman–Crippen MR) is 95.1 cm³/mol. The van der Waals surface area contributed by atoms with Gasteiger partial charge in [0.05, 0.1) is 19.3 Å². The number of halogens is 1. The lowest BCUT2D eigenvalue weighted by Crippen LogP contribution is -2.29. The van der Waals surface area contributed by atoms with Crippen LogP contribution in [0.1, 0.15) is 0 Å². The lowest BCUT2D eigenvalue weighted by molar-refractivity contribution is -0.111. The molecule has 2 aliphatic rings. The number of hydrogen-bond acceptors (Lipinski definition) is 4. The van der Waals surface area contributed by atoms with Crippen molar-refractivity contribution in [1.82, 2.24) is 0 Å². The Morgan fingerprint density at radius 3 is 2.33 bits per heavy atom. The van der Waals surface area contributed by atoms with Crippen LogP contribution in [-0.2, 0) is 4.79 Å². The molecule has 0 N–H and O–H groups in total. The summed E-state index contributed by atoms with van der Waals surface area (Å²) < 4.78 is 5.16. The van der Waals surface area contributed by atoms with Crippen molar-refractivity contribution in [1.29, 1.82) is 0 Å². The van der Waals surface area contributed by atoms with Crippen molar-refractivity contribution < 1.29 is 9.53 Å². The van der Waals surface area contributed by atoms with Gasteiger partial charge in [0.25, 0.3) is 5.91 Å². The van der Waals surface area contributed by atoms with E-state index in [1.54, 1.807) is 12.0 Å². The number of methoxy groups -OCH3 is 1. The molecule has 0 aliphatic carbocycles. The third-order valence-electron chi connectivity index (χ3n) is 4.38. The molecular weight excluding hydrogens is 326 g/mol. The van der Waals surface area contributed by atoms with Crippen LogP contribution in [0.25, 0.3) is 0 Å². The van der Waals surface area contributed by atoms with Crippen LogP contribution in [0.4, 0.5) is 11.4 Å². The number of fused-ring (bicyclic) bond motifs is 1. The quantitative estimate of drug-likeness (QED) is 0.861. The van der Waals surface area contributed by atoms with Gasteiger partial charge in [-0.2, -0.15) is 5.10 Å². The topological polar surface area (TPSA) is 45.1 Å². The van der Waals surface area contributed by atoms with Gasteiger partial charge in [0.1, 0.15) is 11.5 Å². The van der Waals surface area contributed by atoms with E-state index in [9.17, 15) is 4.79 Å². The SMILES string of the molecule is COc1ccc(N2CC3CN(c4ccc(Cl)cc4)N=C3C2=O)cc1. The van der Waals surface area contributed by atoms with Crippen LogP contribution < -0.4 is 14.6 Å². The van der Waals surface area contributed by atoms with Crippen molar-refractivity contribution in [2.24, 2.45) is 11.0 Å². The lowest BCUT2D eigenvalue weighted by Gasteiger charge is -2.20. The normalized spacial score (nSPS) is 19.5. The van der Waals surface area contributed by atoms with Gasteiger partial charge >= 0.3 is 0 Å². The van der Waals surface area contributed by atoms with Crippen molar-refractivity contribution in [3.63, 3.8) is 0 Å². The highest BCUT2D eigenvalue weighted by Gasteiger charge is 2.42. The summed E-state index contributed by atoms with van der Waals surface area (Å²) in [5.74, 6) is 0.869. The zero-order valence-electron chi connectivity index (χ0n) is 13.1. The van der Waals surface area contributed by atoms with E-state index in [1.807, 2.05) is 53.5 Å². The number of ether oxygens (including phenoxy) is 1. The van der Waals surface area contributed by atoms with E-state index in [0.717, 1.165) is 17.1 Å². The molecule has 2 aliphatic heterocycles. The minimum absolute atomic E-state index is 0.0263. The third-order valence-corrected chi connectivity index (χ3v) is 4.64. The third kappa shape index (κ3) is 2.51. The summed E-state index contributed by atoms with van der Waals surface area (Å²) in [6, 6.07) is 15.0. The summed E-state index contributed by atoms with van der Waals surface area (Å²) >= 11 is 5.92. The van der Waals surface area contributed by atoms with Crippen LogP contribution in [-0.4, -0.2) is 31.8 Å². The summed E-state index contributed by atoms with van der Waals surface area (Å²) in [5, 5.41) is 7.09. The molecule has 0 radical (unpaired) electrons. The Morgan fingerprint density at radius 2 is 1.71 bits per heavy atom. The average Bonchev–Trinajstić information content (AvgIpc) is 3.15. The molecule has 0 bridgehead atoms. The van der Waals surface area contributed by atoms with E-state index >= 15 is 0 Å². The molecule has 4 rings (SSSR count). The summed E-state index contributed by atoms with van der Waals surface area (Å²) in [6.45, 7) is 1.35. The van der Waals surface area contributed by atoms with Crippen molar-refractivity contribution in [3.05, 3.63) is 53.6 Å². The van der Waals surface area contributed by atoms with Gasteiger partial charge in [-0.05, 0) is 48.5 Å². The fourth-order valence-electron chi connectivity index (χ4n) is 3.11. The van der Waals surface area contributed by atoms with Gasteiger partial charge in [0.15, 0.2) is 0 Å². The molecule has 6 heteroatoms. The maximum absolute atomic E-state index is 12.7. The molecule has 24 heavy (non-hydrogen) atoms. The monoisotopic (exact) mass is 341 g/mol. The van der Waals surface area contributed by atoms with E-state index in [0.29, 0.717) is 23.8 Å². The second-order valence-electron chi connectivity index (χ2n) is 5.85. The summed E-state index contributed by atoms with van der Waals surface area (Å²) in [6.07, 6.45) is 0. The second kappa shape index (κ2) is 5.83. The molecule has 0 saturated carbocycles. The van der Waals surface area contributed by atoms with Crippen LogP contribution in [0.5, 0.6) is 5.75 Å². The number of rotatable bonds is 3. The molecule has 1 amide bonds. The number of carbonyl (C=O) groups is 1. The number of hydrogen-bond donors (Lipinski definition) is 0. The Balaban J connectivity index is 1.56. The Bertz CT molecular complexity index is 802. The number of hydrazone groups is 1. The first-order valence-electron chi connectivity index (χ1n) is 7.73. The molecule has 1 unspecified atom stereocenters. The molecule has 5 nitrogen and oxygen atoms in total. The maximum atomic E-state index is 12.7. The van der Waals surface area contributed by atoms with E-state index in [4.69, 9.17) is 16.3 Å². The molecule has 2 aromatic rings. The van der Waals surface area contributed by atoms with E-state index in [2.05, 4.69) is 5.10 Å². The lowest BCUT2D eigenvalue weighted by atomic mass is 10.1. The predicted octanol–water partition coefficient (Wildman–Crippen LogP) is 3.19. The minimum Gasteiger partial charge on any atom is -0.497 e. The standard InChI is InChI=1S/C18H16ClN3O2/c1-24-16-8-6-14(7-9-16)21-10-12-11-22(20-17(12)18(21)23)15-4-2-13(19)3-5-15/h2-9,12H,10-11H2,1H3. The zero-order chi connectivity index (χ0) is 16.7. The van der Waals surface area contributed by atoms with Gasteiger partial charge in [-0.15, -0.1) is 0 Å². The van der Waals surface area contributed by atoms with Crippen LogP contribution in [0, 0.1) is 5.92 Å². The molecule has 0 aromatic heterocycles. The van der Waals surface area contributed by atoms with Crippen molar-refractivity contribution in [3.8, 4) is 5.75 Å². The van der Waals surface area contributed by atoms with Crippen molar-refractivity contribution in [2.75, 3.05) is 30.1 Å². The highest BCUT2D eigenvalue weighted by Crippen LogP contribution is 2.31. The molecule has 1 atom stereocenters. The van der Waals surface area contributed by atoms with Gasteiger partial charge in [-0.25, -0.2) is 0 Å². The smallest absolute Gasteiger partial charge is 0.274 e. The fourth-order valence-corrected chi connectivity index (χ4v) is 3.24. The molecule has 0 spiro atoms. The molecule has 122 valence electrons. The van der Waals surface area contributed by atoms with Gasteiger partial charge in [-0.1, -0.05) is 11.6 Å².